The summed E-state index contributed by atoms with van der Waals surface area (Å²) in [7, 11) is 0. The number of hydrogen-bond acceptors (Lipinski definition) is 3. The lowest BCUT2D eigenvalue weighted by Crippen LogP contribution is -2.17. The van der Waals surface area contributed by atoms with Crippen LogP contribution in [0.5, 0.6) is 0 Å². The molecule has 2 atom stereocenters. The normalized spacial score (nSPS) is 20.6. The van der Waals surface area contributed by atoms with Crippen molar-refractivity contribution < 1.29 is 19.5 Å². The lowest BCUT2D eigenvalue weighted by atomic mass is 10.1. The van der Waals surface area contributed by atoms with Crippen LogP contribution >= 0.6 is 0 Å². The Labute approximate surface area is 109 Å². The van der Waals surface area contributed by atoms with Crippen molar-refractivity contribution in [3.63, 3.8) is 0 Å². The van der Waals surface area contributed by atoms with E-state index in [2.05, 4.69) is 5.32 Å². The molecule has 1 aromatic rings. The number of carbonyl (C=O) groups is 3. The highest BCUT2D eigenvalue weighted by Crippen LogP contribution is 2.39. The van der Waals surface area contributed by atoms with Gasteiger partial charge in [0.2, 0.25) is 11.8 Å². The summed E-state index contributed by atoms with van der Waals surface area (Å²) in [4.78, 5) is 33.1. The summed E-state index contributed by atoms with van der Waals surface area (Å²) >= 11 is 0. The molecule has 0 bridgehead atoms. The smallest absolute Gasteiger partial charge is 0.307 e. The monoisotopic (exact) mass is 262 g/mol. The lowest BCUT2D eigenvalue weighted by Gasteiger charge is -2.05. The zero-order valence-corrected chi connectivity index (χ0v) is 10.1. The summed E-state index contributed by atoms with van der Waals surface area (Å²) in [5, 5.41) is 11.4. The minimum absolute atomic E-state index is 0.151. The van der Waals surface area contributed by atoms with Crippen molar-refractivity contribution in [1.29, 1.82) is 0 Å². The first-order valence-electron chi connectivity index (χ1n) is 5.88. The highest BCUT2D eigenvalue weighted by Gasteiger charge is 2.48. The van der Waals surface area contributed by atoms with E-state index in [0.29, 0.717) is 12.1 Å². The van der Waals surface area contributed by atoms with E-state index in [1.54, 1.807) is 24.3 Å². The standard InChI is InChI=1S/C13H14N2O4/c14-11(16)5-7-1-3-8(4-2-7)15-12(17)9-6-10(9)13(18)19/h1-4,9-10H,5-6H2,(H2,14,16)(H,15,17)(H,18,19)/t9-,10+/m1/s1. The number of aliphatic carboxylic acids is 1. The third kappa shape index (κ3) is 3.31. The summed E-state index contributed by atoms with van der Waals surface area (Å²) in [6, 6.07) is 6.71. The van der Waals surface area contributed by atoms with Gasteiger partial charge in [-0.25, -0.2) is 0 Å². The molecule has 0 unspecified atom stereocenters. The zero-order chi connectivity index (χ0) is 14.0. The third-order valence-corrected chi connectivity index (χ3v) is 3.04. The Morgan fingerprint density at radius 1 is 1.21 bits per heavy atom. The number of rotatable bonds is 5. The van der Waals surface area contributed by atoms with Crippen LogP contribution in [0.1, 0.15) is 12.0 Å². The van der Waals surface area contributed by atoms with Crippen molar-refractivity contribution in [2.45, 2.75) is 12.8 Å². The van der Waals surface area contributed by atoms with Crippen LogP contribution in [-0.4, -0.2) is 22.9 Å². The molecule has 0 radical (unpaired) electrons. The van der Waals surface area contributed by atoms with Crippen molar-refractivity contribution in [2.24, 2.45) is 17.6 Å². The number of hydrogen-bond donors (Lipinski definition) is 3. The van der Waals surface area contributed by atoms with Crippen molar-refractivity contribution in [1.82, 2.24) is 0 Å². The molecule has 1 aromatic carbocycles. The number of amides is 2. The summed E-state index contributed by atoms with van der Waals surface area (Å²) in [6.45, 7) is 0. The van der Waals surface area contributed by atoms with E-state index in [9.17, 15) is 14.4 Å². The van der Waals surface area contributed by atoms with Crippen LogP contribution in [0, 0.1) is 11.8 Å². The number of carboxylic acids is 1. The van der Waals surface area contributed by atoms with Gasteiger partial charge in [0.15, 0.2) is 0 Å². The summed E-state index contributed by atoms with van der Waals surface area (Å²) in [5.74, 6) is -2.64. The quantitative estimate of drug-likeness (QED) is 0.712. The topological polar surface area (TPSA) is 109 Å². The van der Waals surface area contributed by atoms with Gasteiger partial charge < -0.3 is 16.2 Å². The number of nitrogens with two attached hydrogens (primary N) is 1. The van der Waals surface area contributed by atoms with Crippen molar-refractivity contribution in [3.8, 4) is 0 Å². The molecular formula is C13H14N2O4. The molecule has 100 valence electrons. The molecule has 19 heavy (non-hydrogen) atoms. The average Bonchev–Trinajstić information content (AvgIpc) is 3.11. The van der Waals surface area contributed by atoms with Crippen molar-refractivity contribution in [2.75, 3.05) is 5.32 Å². The Balaban J connectivity index is 1.91. The van der Waals surface area contributed by atoms with Gasteiger partial charge in [-0.1, -0.05) is 12.1 Å². The maximum absolute atomic E-state index is 11.7. The van der Waals surface area contributed by atoms with Crippen LogP contribution in [0.3, 0.4) is 0 Å². The summed E-state index contributed by atoms with van der Waals surface area (Å²) in [6.07, 6.45) is 0.541. The van der Waals surface area contributed by atoms with Crippen LogP contribution < -0.4 is 11.1 Å². The Kier molecular flexibility index (Phi) is 3.50. The van der Waals surface area contributed by atoms with Gasteiger partial charge in [-0.2, -0.15) is 0 Å². The number of benzene rings is 1. The van der Waals surface area contributed by atoms with Crippen molar-refractivity contribution >= 4 is 23.5 Å². The molecule has 2 amide bonds. The minimum atomic E-state index is -0.933. The van der Waals surface area contributed by atoms with E-state index in [0.717, 1.165) is 5.56 Å². The molecule has 1 aliphatic rings. The molecule has 0 aromatic heterocycles. The molecule has 1 saturated carbocycles. The van der Waals surface area contributed by atoms with Gasteiger partial charge >= 0.3 is 5.97 Å². The molecule has 1 fully saturated rings. The molecule has 4 N–H and O–H groups in total. The van der Waals surface area contributed by atoms with Gasteiger partial charge in [0, 0.05) is 5.69 Å². The molecule has 0 aliphatic heterocycles. The highest BCUT2D eigenvalue weighted by molar-refractivity contribution is 5.98. The Hall–Kier alpha value is -2.37. The van der Waals surface area contributed by atoms with E-state index >= 15 is 0 Å². The van der Waals surface area contributed by atoms with Gasteiger partial charge in [0.05, 0.1) is 18.3 Å². The van der Waals surface area contributed by atoms with Crippen LogP contribution in [0.4, 0.5) is 5.69 Å². The molecule has 1 aliphatic carbocycles. The molecule has 0 saturated heterocycles. The van der Waals surface area contributed by atoms with Gasteiger partial charge in [0.1, 0.15) is 0 Å². The van der Waals surface area contributed by atoms with Gasteiger partial charge in [-0.15, -0.1) is 0 Å². The van der Waals surface area contributed by atoms with Gasteiger partial charge in [-0.05, 0) is 24.1 Å². The molecule has 0 spiro atoms. The molecule has 6 nitrogen and oxygen atoms in total. The predicted molar refractivity (Wildman–Crippen MR) is 67.2 cm³/mol. The second-order valence-corrected chi connectivity index (χ2v) is 4.62. The van der Waals surface area contributed by atoms with Gasteiger partial charge in [-0.3, -0.25) is 14.4 Å². The second-order valence-electron chi connectivity index (χ2n) is 4.62. The number of nitrogens with one attached hydrogen (secondary N) is 1. The first-order valence-corrected chi connectivity index (χ1v) is 5.88. The largest absolute Gasteiger partial charge is 0.481 e. The Bertz CT molecular complexity index is 524. The van der Waals surface area contributed by atoms with Crippen LogP contribution in [0.15, 0.2) is 24.3 Å². The van der Waals surface area contributed by atoms with Crippen LogP contribution in [0.25, 0.3) is 0 Å². The summed E-state index contributed by atoms with van der Waals surface area (Å²) in [5.41, 5.74) is 6.41. The Morgan fingerprint density at radius 2 is 1.84 bits per heavy atom. The summed E-state index contributed by atoms with van der Waals surface area (Å²) < 4.78 is 0. The molecule has 6 heteroatoms. The lowest BCUT2D eigenvalue weighted by molar-refractivity contribution is -0.139. The predicted octanol–water partition coefficient (Wildman–Crippen LogP) is 0.374. The number of primary amides is 1. The van der Waals surface area contributed by atoms with E-state index in [1.807, 2.05) is 0 Å². The first-order chi connectivity index (χ1) is 8.97. The van der Waals surface area contributed by atoms with E-state index < -0.39 is 23.7 Å². The van der Waals surface area contributed by atoms with Gasteiger partial charge in [0.25, 0.3) is 0 Å². The average molecular weight is 262 g/mol. The fraction of sp³-hybridized carbons (Fsp3) is 0.308. The minimum Gasteiger partial charge on any atom is -0.481 e. The molecular weight excluding hydrogens is 248 g/mol. The zero-order valence-electron chi connectivity index (χ0n) is 10.1. The number of carbonyl (C=O) groups excluding carboxylic acids is 2. The molecule has 2 rings (SSSR count). The SMILES string of the molecule is NC(=O)Cc1ccc(NC(=O)[C@@H]2C[C@@H]2C(=O)O)cc1. The highest BCUT2D eigenvalue weighted by atomic mass is 16.4. The second kappa shape index (κ2) is 5.09. The number of anilines is 1. The first kappa shape index (κ1) is 13.1. The maximum atomic E-state index is 11.7. The van der Waals surface area contributed by atoms with E-state index in [1.165, 1.54) is 0 Å². The third-order valence-electron chi connectivity index (χ3n) is 3.04. The van der Waals surface area contributed by atoms with Crippen LogP contribution in [-0.2, 0) is 20.8 Å². The van der Waals surface area contributed by atoms with Crippen LogP contribution in [0.2, 0.25) is 0 Å². The molecule has 0 heterocycles. The van der Waals surface area contributed by atoms with E-state index in [-0.39, 0.29) is 12.3 Å². The maximum Gasteiger partial charge on any atom is 0.307 e. The Morgan fingerprint density at radius 3 is 2.32 bits per heavy atom. The fourth-order valence-corrected chi connectivity index (χ4v) is 1.90. The number of carboxylic acid groups (broad SMARTS) is 1. The van der Waals surface area contributed by atoms with Crippen molar-refractivity contribution in [3.05, 3.63) is 29.8 Å². The van der Waals surface area contributed by atoms with E-state index in [4.69, 9.17) is 10.8 Å². The fourth-order valence-electron chi connectivity index (χ4n) is 1.90.